The van der Waals surface area contributed by atoms with Crippen LogP contribution in [-0.4, -0.2) is 67.1 Å². The normalized spacial score (nSPS) is 21.7. The number of likely N-dealkylation sites (tertiary alicyclic amines) is 2. The molecule has 1 saturated carbocycles. The van der Waals surface area contributed by atoms with E-state index < -0.39 is 5.41 Å². The number of amidine groups is 1. The Labute approximate surface area is 229 Å². The lowest BCUT2D eigenvalue weighted by molar-refractivity contribution is -0.156. The van der Waals surface area contributed by atoms with Crippen LogP contribution in [0.25, 0.3) is 11.1 Å². The van der Waals surface area contributed by atoms with Crippen LogP contribution < -0.4 is 4.74 Å². The monoisotopic (exact) mass is 535 g/mol. The van der Waals surface area contributed by atoms with Gasteiger partial charge in [0.15, 0.2) is 5.60 Å². The van der Waals surface area contributed by atoms with E-state index in [0.29, 0.717) is 12.5 Å². The first-order valence-corrected chi connectivity index (χ1v) is 14.2. The maximum Gasteiger partial charge on any atom is 0.311 e. The number of hydrogen-bond donors (Lipinski definition) is 0. The summed E-state index contributed by atoms with van der Waals surface area (Å²) in [6.45, 7) is 8.28. The van der Waals surface area contributed by atoms with Crippen molar-refractivity contribution in [3.63, 3.8) is 0 Å². The zero-order chi connectivity index (χ0) is 27.2. The molecule has 3 heterocycles. The average Bonchev–Trinajstić information content (AvgIpc) is 3.67. The molecular weight excluding hydrogens is 497 g/mol. The van der Waals surface area contributed by atoms with E-state index in [-0.39, 0.29) is 17.4 Å². The molecule has 8 heteroatoms. The Balaban J connectivity index is 1.08. The van der Waals surface area contributed by atoms with Crippen LogP contribution in [0.3, 0.4) is 0 Å². The molecule has 0 atom stereocenters. The molecule has 208 valence electrons. The number of nitrogens with zero attached hydrogens (tertiary/aromatic N) is 3. The Bertz CT molecular complexity index is 1260. The van der Waals surface area contributed by atoms with Gasteiger partial charge in [-0.25, -0.2) is 4.39 Å². The molecule has 2 saturated heterocycles. The molecule has 7 nitrogen and oxygen atoms in total. The summed E-state index contributed by atoms with van der Waals surface area (Å²) in [5, 5.41) is 4.48. The van der Waals surface area contributed by atoms with E-state index in [2.05, 4.69) is 27.1 Å². The van der Waals surface area contributed by atoms with Crippen LogP contribution in [0.2, 0.25) is 0 Å². The fourth-order valence-corrected chi connectivity index (χ4v) is 6.30. The van der Waals surface area contributed by atoms with Crippen molar-refractivity contribution in [1.29, 1.82) is 0 Å². The van der Waals surface area contributed by atoms with E-state index >= 15 is 0 Å². The van der Waals surface area contributed by atoms with Crippen molar-refractivity contribution in [3.05, 3.63) is 53.3 Å². The zero-order valence-electron chi connectivity index (χ0n) is 23.2. The minimum atomic E-state index is -0.415. The predicted octanol–water partition coefficient (Wildman–Crippen LogP) is 5.33. The lowest BCUT2D eigenvalue weighted by Gasteiger charge is -2.46. The SMILES string of the molecule is CCOC(=O)C1(C)CCN(C2=NOC3(C2)CN(Cc2cc(C4CC4)c(-c4ccc(F)cc4)cc2OC)C3)CC1. The first kappa shape index (κ1) is 26.1. The third-order valence-corrected chi connectivity index (χ3v) is 8.87. The second kappa shape index (κ2) is 10.1. The lowest BCUT2D eigenvalue weighted by Crippen LogP contribution is -2.61. The van der Waals surface area contributed by atoms with Crippen LogP contribution in [0.5, 0.6) is 5.75 Å². The van der Waals surface area contributed by atoms with Crippen molar-refractivity contribution in [2.45, 2.75) is 64.0 Å². The number of halogens is 1. The molecule has 0 aromatic heterocycles. The third-order valence-electron chi connectivity index (χ3n) is 8.87. The molecule has 1 aliphatic carbocycles. The molecule has 0 unspecified atom stereocenters. The number of rotatable bonds is 7. The van der Waals surface area contributed by atoms with E-state index in [4.69, 9.17) is 14.3 Å². The van der Waals surface area contributed by atoms with Gasteiger partial charge >= 0.3 is 5.97 Å². The third kappa shape index (κ3) is 5.11. The highest BCUT2D eigenvalue weighted by molar-refractivity contribution is 5.85. The van der Waals surface area contributed by atoms with Crippen LogP contribution >= 0.6 is 0 Å². The predicted molar refractivity (Wildman–Crippen MR) is 147 cm³/mol. The summed E-state index contributed by atoms with van der Waals surface area (Å²) in [7, 11) is 1.72. The average molecular weight is 536 g/mol. The first-order valence-electron chi connectivity index (χ1n) is 14.2. The standard InChI is InChI=1S/C31H38FN3O4/c1-4-38-29(36)30(2)11-13-35(14-12-30)28-17-31(39-33-28)19-34(20-31)18-23-15-25(21-5-6-21)26(16-27(23)37-3)22-7-9-24(32)10-8-22/h7-10,15-16,21H,4-6,11-14,17-20H2,1-3H3. The Morgan fingerprint density at radius 2 is 1.87 bits per heavy atom. The number of carbonyl (C=O) groups is 1. The highest BCUT2D eigenvalue weighted by Crippen LogP contribution is 2.47. The van der Waals surface area contributed by atoms with E-state index in [1.165, 1.54) is 36.1 Å². The zero-order valence-corrected chi connectivity index (χ0v) is 23.2. The molecule has 0 radical (unpaired) electrons. The van der Waals surface area contributed by atoms with Crippen molar-refractivity contribution < 1.29 is 23.5 Å². The van der Waals surface area contributed by atoms with Gasteiger partial charge in [-0.05, 0) is 86.4 Å². The minimum absolute atomic E-state index is 0.0914. The number of esters is 1. The van der Waals surface area contributed by atoms with E-state index in [1.54, 1.807) is 7.11 Å². The molecule has 3 fully saturated rings. The molecule has 0 bridgehead atoms. The highest BCUT2D eigenvalue weighted by atomic mass is 19.1. The van der Waals surface area contributed by atoms with Gasteiger partial charge in [-0.1, -0.05) is 17.3 Å². The molecule has 2 aromatic rings. The summed E-state index contributed by atoms with van der Waals surface area (Å²) in [6, 6.07) is 11.2. The second-order valence-corrected chi connectivity index (χ2v) is 11.9. The number of piperidine rings is 1. The fraction of sp³-hybridized carbons (Fsp3) is 0.548. The lowest BCUT2D eigenvalue weighted by atomic mass is 9.80. The van der Waals surface area contributed by atoms with Crippen molar-refractivity contribution in [3.8, 4) is 16.9 Å². The molecular formula is C31H38FN3O4. The van der Waals surface area contributed by atoms with Gasteiger partial charge < -0.3 is 19.2 Å². The van der Waals surface area contributed by atoms with Gasteiger partial charge in [0, 0.05) is 38.3 Å². The number of oxime groups is 1. The first-order chi connectivity index (χ1) is 18.8. The number of hydrogen-bond acceptors (Lipinski definition) is 7. The Morgan fingerprint density at radius 1 is 1.15 bits per heavy atom. The van der Waals surface area contributed by atoms with Crippen LogP contribution in [0.1, 0.15) is 63.0 Å². The topological polar surface area (TPSA) is 63.6 Å². The maximum absolute atomic E-state index is 13.5. The van der Waals surface area contributed by atoms with Crippen LogP contribution in [0, 0.1) is 11.2 Å². The summed E-state index contributed by atoms with van der Waals surface area (Å²) in [5.41, 5.74) is 3.98. The van der Waals surface area contributed by atoms with Gasteiger partial charge in [-0.3, -0.25) is 9.69 Å². The smallest absolute Gasteiger partial charge is 0.311 e. The number of carbonyl (C=O) groups excluding carboxylic acids is 1. The van der Waals surface area contributed by atoms with Gasteiger partial charge in [0.2, 0.25) is 0 Å². The Morgan fingerprint density at radius 3 is 2.51 bits per heavy atom. The summed E-state index contributed by atoms with van der Waals surface area (Å²) in [4.78, 5) is 23.1. The summed E-state index contributed by atoms with van der Waals surface area (Å²) in [6.07, 6.45) is 4.71. The molecule has 6 rings (SSSR count). The summed E-state index contributed by atoms with van der Waals surface area (Å²) >= 11 is 0. The fourth-order valence-electron chi connectivity index (χ4n) is 6.30. The maximum atomic E-state index is 13.5. The number of ether oxygens (including phenoxy) is 2. The molecule has 0 N–H and O–H groups in total. The van der Waals surface area contributed by atoms with Gasteiger partial charge in [0.25, 0.3) is 0 Å². The molecule has 4 aliphatic rings. The summed E-state index contributed by atoms with van der Waals surface area (Å²) in [5.74, 6) is 2.10. The molecule has 0 amide bonds. The molecule has 39 heavy (non-hydrogen) atoms. The van der Waals surface area contributed by atoms with Crippen LogP contribution in [-0.2, 0) is 20.9 Å². The number of benzene rings is 2. The van der Waals surface area contributed by atoms with Gasteiger partial charge in [0.05, 0.1) is 25.6 Å². The largest absolute Gasteiger partial charge is 0.496 e. The second-order valence-electron chi connectivity index (χ2n) is 11.9. The van der Waals surface area contributed by atoms with E-state index in [9.17, 15) is 9.18 Å². The minimum Gasteiger partial charge on any atom is -0.496 e. The van der Waals surface area contributed by atoms with Gasteiger partial charge in [0.1, 0.15) is 17.4 Å². The van der Waals surface area contributed by atoms with Crippen LogP contribution in [0.4, 0.5) is 4.39 Å². The quantitative estimate of drug-likeness (QED) is 0.447. The van der Waals surface area contributed by atoms with Gasteiger partial charge in [-0.2, -0.15) is 0 Å². The van der Waals surface area contributed by atoms with E-state index in [0.717, 1.165) is 74.7 Å². The summed E-state index contributed by atoms with van der Waals surface area (Å²) < 4.78 is 24.7. The van der Waals surface area contributed by atoms with Gasteiger partial charge in [-0.15, -0.1) is 0 Å². The van der Waals surface area contributed by atoms with E-state index in [1.807, 2.05) is 26.0 Å². The van der Waals surface area contributed by atoms with Crippen molar-refractivity contribution >= 4 is 11.8 Å². The molecule has 2 aromatic carbocycles. The van der Waals surface area contributed by atoms with Crippen molar-refractivity contribution in [2.24, 2.45) is 10.6 Å². The Kier molecular flexibility index (Phi) is 6.78. The Hall–Kier alpha value is -3.13. The number of methoxy groups -OCH3 is 1. The van der Waals surface area contributed by atoms with Crippen LogP contribution in [0.15, 0.2) is 41.6 Å². The molecule has 1 spiro atoms. The molecule has 3 aliphatic heterocycles. The highest BCUT2D eigenvalue weighted by Gasteiger charge is 2.51. The van der Waals surface area contributed by atoms with Crippen molar-refractivity contribution in [2.75, 3.05) is 39.9 Å². The van der Waals surface area contributed by atoms with Crippen molar-refractivity contribution in [1.82, 2.24) is 9.80 Å².